The standard InChI is InChI=1S/C27H33NO4/c1-9-14-23-24(13-5)27(28-25(23)29,20(7)16-15-19(6)10-2)21(11-3)17-18-22(12-4)32-26(30)31-8/h9-18H,1-2H2,3-8H3,(H,28,29)/b18-17-,19-15-,20-16+,21-11+,22-12+,23-14+,24-13+. The number of carbonyl (C=O) groups excluding carboxylic acids is 2. The summed E-state index contributed by atoms with van der Waals surface area (Å²) < 4.78 is 9.72. The summed E-state index contributed by atoms with van der Waals surface area (Å²) in [6.45, 7) is 17.0. The van der Waals surface area contributed by atoms with E-state index >= 15 is 0 Å². The second kappa shape index (κ2) is 12.3. The van der Waals surface area contributed by atoms with Crippen molar-refractivity contribution in [3.05, 3.63) is 108 Å². The lowest BCUT2D eigenvalue weighted by Crippen LogP contribution is -2.45. The minimum absolute atomic E-state index is 0.194. The fourth-order valence-corrected chi connectivity index (χ4v) is 3.44. The number of rotatable bonds is 8. The van der Waals surface area contributed by atoms with Crippen molar-refractivity contribution in [1.29, 1.82) is 0 Å². The van der Waals surface area contributed by atoms with Crippen LogP contribution in [0.2, 0.25) is 0 Å². The van der Waals surface area contributed by atoms with Gasteiger partial charge in [-0.05, 0) is 69.6 Å². The molecule has 1 fully saturated rings. The van der Waals surface area contributed by atoms with Gasteiger partial charge < -0.3 is 14.8 Å². The third-order valence-corrected chi connectivity index (χ3v) is 5.15. The highest BCUT2D eigenvalue weighted by Gasteiger charge is 2.48. The third-order valence-electron chi connectivity index (χ3n) is 5.15. The number of allylic oxidation sites excluding steroid dienone is 10. The highest BCUT2D eigenvalue weighted by molar-refractivity contribution is 6.05. The van der Waals surface area contributed by atoms with Gasteiger partial charge in [0, 0.05) is 5.57 Å². The summed E-state index contributed by atoms with van der Waals surface area (Å²) in [6, 6.07) is 0. The summed E-state index contributed by atoms with van der Waals surface area (Å²) in [6.07, 6.45) is 17.2. The molecule has 0 aromatic heterocycles. The van der Waals surface area contributed by atoms with Crippen molar-refractivity contribution in [2.45, 2.75) is 40.2 Å². The molecule has 1 amide bonds. The zero-order valence-electron chi connectivity index (χ0n) is 19.8. The van der Waals surface area contributed by atoms with Crippen LogP contribution in [0.25, 0.3) is 0 Å². The molecule has 0 radical (unpaired) electrons. The van der Waals surface area contributed by atoms with Gasteiger partial charge in [-0.15, -0.1) is 0 Å². The van der Waals surface area contributed by atoms with Crippen LogP contribution in [-0.2, 0) is 14.3 Å². The number of ether oxygens (including phenoxy) is 2. The van der Waals surface area contributed by atoms with Crippen molar-refractivity contribution in [2.75, 3.05) is 7.11 Å². The molecular weight excluding hydrogens is 402 g/mol. The molecule has 0 aliphatic carbocycles. The molecule has 1 heterocycles. The highest BCUT2D eigenvalue weighted by Crippen LogP contribution is 2.43. The van der Waals surface area contributed by atoms with E-state index in [2.05, 4.69) is 23.2 Å². The molecule has 0 saturated carbocycles. The molecule has 0 aromatic carbocycles. The van der Waals surface area contributed by atoms with Crippen LogP contribution in [0, 0.1) is 0 Å². The van der Waals surface area contributed by atoms with Gasteiger partial charge in [0.25, 0.3) is 5.91 Å². The molecule has 170 valence electrons. The summed E-state index contributed by atoms with van der Waals surface area (Å²) in [5.41, 5.74) is 3.15. The first kappa shape index (κ1) is 26.4. The summed E-state index contributed by atoms with van der Waals surface area (Å²) in [5, 5.41) is 3.17. The Hall–Kier alpha value is -3.60. The van der Waals surface area contributed by atoms with E-state index in [9.17, 15) is 9.59 Å². The predicted molar refractivity (Wildman–Crippen MR) is 131 cm³/mol. The largest absolute Gasteiger partial charge is 0.513 e. The van der Waals surface area contributed by atoms with Crippen molar-refractivity contribution >= 4 is 12.1 Å². The Balaban J connectivity index is 3.73. The van der Waals surface area contributed by atoms with Crippen molar-refractivity contribution in [2.24, 2.45) is 0 Å². The molecule has 1 aliphatic rings. The minimum Gasteiger partial charge on any atom is -0.437 e. The summed E-state index contributed by atoms with van der Waals surface area (Å²) in [5.74, 6) is 0.128. The average molecular weight is 436 g/mol. The number of carbonyl (C=O) groups is 2. The SMILES string of the molecule is C=C/C=C1/C(=O)NC(/C(C)=C/C=C(/C)C=C)(C(/C=C\C(=C/C)OC(=O)OC)=C/C)/C1=C/C. The molecule has 5 heteroatoms. The molecular formula is C27H33NO4. The fraction of sp³-hybridized carbons (Fsp3) is 0.259. The number of hydrogen-bond donors (Lipinski definition) is 1. The second-order valence-corrected chi connectivity index (χ2v) is 7.01. The van der Waals surface area contributed by atoms with Crippen LogP contribution >= 0.6 is 0 Å². The van der Waals surface area contributed by atoms with Crippen LogP contribution < -0.4 is 5.32 Å². The molecule has 1 unspecified atom stereocenters. The molecule has 1 atom stereocenters. The van der Waals surface area contributed by atoms with Gasteiger partial charge in [0.15, 0.2) is 0 Å². The van der Waals surface area contributed by atoms with Gasteiger partial charge in [-0.2, -0.15) is 0 Å². The van der Waals surface area contributed by atoms with Crippen molar-refractivity contribution in [3.63, 3.8) is 0 Å². The van der Waals surface area contributed by atoms with E-state index < -0.39 is 11.7 Å². The Morgan fingerprint density at radius 2 is 1.75 bits per heavy atom. The zero-order chi connectivity index (χ0) is 24.3. The number of hydrogen-bond acceptors (Lipinski definition) is 4. The maximum Gasteiger partial charge on any atom is 0.513 e. The topological polar surface area (TPSA) is 64.6 Å². The van der Waals surface area contributed by atoms with Gasteiger partial charge in [-0.1, -0.05) is 61.3 Å². The maximum atomic E-state index is 13.0. The molecule has 0 bridgehead atoms. The lowest BCUT2D eigenvalue weighted by atomic mass is 9.76. The minimum atomic E-state index is -0.909. The van der Waals surface area contributed by atoms with Gasteiger partial charge in [0.1, 0.15) is 11.3 Å². The van der Waals surface area contributed by atoms with Gasteiger partial charge in [0.05, 0.1) is 7.11 Å². The van der Waals surface area contributed by atoms with Gasteiger partial charge >= 0.3 is 6.16 Å². The van der Waals surface area contributed by atoms with Crippen LogP contribution in [0.3, 0.4) is 0 Å². The lowest BCUT2D eigenvalue weighted by molar-refractivity contribution is -0.116. The smallest absolute Gasteiger partial charge is 0.437 e. The Labute approximate surface area is 191 Å². The predicted octanol–water partition coefficient (Wildman–Crippen LogP) is 6.18. The third kappa shape index (κ3) is 5.76. The van der Waals surface area contributed by atoms with Crippen molar-refractivity contribution in [1.82, 2.24) is 5.32 Å². The summed E-state index contributed by atoms with van der Waals surface area (Å²) >= 11 is 0. The normalized spacial score (nSPS) is 23.0. The Kier molecular flexibility index (Phi) is 10.2. The van der Waals surface area contributed by atoms with Crippen LogP contribution in [0.1, 0.15) is 34.6 Å². The van der Waals surface area contributed by atoms with E-state index in [4.69, 9.17) is 4.74 Å². The first-order chi connectivity index (χ1) is 15.2. The van der Waals surface area contributed by atoms with E-state index in [-0.39, 0.29) is 5.91 Å². The number of nitrogens with one attached hydrogen (secondary N) is 1. The van der Waals surface area contributed by atoms with Gasteiger partial charge in [0.2, 0.25) is 0 Å². The van der Waals surface area contributed by atoms with Crippen LogP contribution in [0.15, 0.2) is 108 Å². The fourth-order valence-electron chi connectivity index (χ4n) is 3.44. The average Bonchev–Trinajstić information content (AvgIpc) is 3.08. The summed E-state index contributed by atoms with van der Waals surface area (Å²) in [7, 11) is 1.25. The number of methoxy groups -OCH3 is 1. The molecule has 1 aliphatic heterocycles. The first-order valence-electron chi connectivity index (χ1n) is 10.3. The van der Waals surface area contributed by atoms with Crippen molar-refractivity contribution in [3.8, 4) is 0 Å². The molecule has 1 saturated heterocycles. The van der Waals surface area contributed by atoms with Gasteiger partial charge in [-0.25, -0.2) is 4.79 Å². The monoisotopic (exact) mass is 435 g/mol. The maximum absolute atomic E-state index is 13.0. The van der Waals surface area contributed by atoms with E-state index in [1.807, 2.05) is 58.1 Å². The molecule has 32 heavy (non-hydrogen) atoms. The molecule has 0 spiro atoms. The van der Waals surface area contributed by atoms with Crippen LogP contribution in [0.4, 0.5) is 4.79 Å². The van der Waals surface area contributed by atoms with Crippen molar-refractivity contribution < 1.29 is 19.1 Å². The molecule has 1 rings (SSSR count). The first-order valence-corrected chi connectivity index (χ1v) is 10.3. The Morgan fingerprint density at radius 1 is 1.06 bits per heavy atom. The van der Waals surface area contributed by atoms with Crippen LogP contribution in [-0.4, -0.2) is 24.7 Å². The van der Waals surface area contributed by atoms with Crippen LogP contribution in [0.5, 0.6) is 0 Å². The van der Waals surface area contributed by atoms with E-state index in [1.54, 1.807) is 37.3 Å². The van der Waals surface area contributed by atoms with E-state index in [0.717, 1.165) is 22.3 Å². The summed E-state index contributed by atoms with van der Waals surface area (Å²) in [4.78, 5) is 24.5. The second-order valence-electron chi connectivity index (χ2n) is 7.01. The molecule has 1 N–H and O–H groups in total. The van der Waals surface area contributed by atoms with Gasteiger partial charge in [-0.3, -0.25) is 4.79 Å². The quantitative estimate of drug-likeness (QED) is 0.214. The zero-order valence-corrected chi connectivity index (χ0v) is 19.8. The highest BCUT2D eigenvalue weighted by atomic mass is 16.7. The number of amides is 1. The Bertz CT molecular complexity index is 983. The lowest BCUT2D eigenvalue weighted by Gasteiger charge is -2.33. The van der Waals surface area contributed by atoms with E-state index in [1.165, 1.54) is 7.11 Å². The molecule has 5 nitrogen and oxygen atoms in total. The van der Waals surface area contributed by atoms with E-state index in [0.29, 0.717) is 11.3 Å². The molecule has 0 aromatic rings. The Morgan fingerprint density at radius 3 is 2.25 bits per heavy atom.